The zero-order valence-corrected chi connectivity index (χ0v) is 13.3. The van der Waals surface area contributed by atoms with Gasteiger partial charge in [0.15, 0.2) is 0 Å². The molecule has 3 aromatic rings. The zero-order chi connectivity index (χ0) is 16.9. The topological polar surface area (TPSA) is 26.3 Å². The molecular weight excluding hydrogens is 303 g/mol. The minimum atomic E-state index is -0.325. The lowest BCUT2D eigenvalue weighted by Crippen LogP contribution is -1.98. The fraction of sp³-hybridized carbons (Fsp3) is 0.0952. The van der Waals surface area contributed by atoms with E-state index in [9.17, 15) is 9.18 Å². The van der Waals surface area contributed by atoms with E-state index in [1.165, 1.54) is 12.1 Å². The van der Waals surface area contributed by atoms with E-state index >= 15 is 0 Å². The van der Waals surface area contributed by atoms with E-state index < -0.39 is 0 Å². The van der Waals surface area contributed by atoms with Crippen LogP contribution in [0.2, 0.25) is 0 Å². The second kappa shape index (κ2) is 7.09. The molecule has 3 heteroatoms. The number of aldehydes is 1. The van der Waals surface area contributed by atoms with E-state index in [4.69, 9.17) is 4.74 Å². The summed E-state index contributed by atoms with van der Waals surface area (Å²) in [6.45, 7) is 2.27. The Kier molecular flexibility index (Phi) is 4.71. The zero-order valence-electron chi connectivity index (χ0n) is 13.3. The van der Waals surface area contributed by atoms with Crippen LogP contribution in [0.15, 0.2) is 66.7 Å². The highest BCUT2D eigenvalue weighted by Gasteiger charge is 2.10. The molecule has 0 fully saturated rings. The van der Waals surface area contributed by atoms with Gasteiger partial charge in [-0.25, -0.2) is 4.39 Å². The number of aryl methyl sites for hydroxylation is 1. The van der Waals surface area contributed by atoms with Gasteiger partial charge in [-0.3, -0.25) is 4.79 Å². The van der Waals surface area contributed by atoms with Crippen LogP contribution in [0, 0.1) is 12.7 Å². The van der Waals surface area contributed by atoms with Gasteiger partial charge in [0.1, 0.15) is 24.5 Å². The van der Waals surface area contributed by atoms with E-state index in [-0.39, 0.29) is 5.82 Å². The van der Waals surface area contributed by atoms with Crippen molar-refractivity contribution in [2.24, 2.45) is 0 Å². The first-order valence-corrected chi connectivity index (χ1v) is 7.70. The molecule has 0 saturated carbocycles. The van der Waals surface area contributed by atoms with Crippen molar-refractivity contribution in [1.29, 1.82) is 0 Å². The summed E-state index contributed by atoms with van der Waals surface area (Å²) >= 11 is 0. The Morgan fingerprint density at radius 2 is 1.79 bits per heavy atom. The molecule has 2 nitrogen and oxygen atoms in total. The SMILES string of the molecule is Cc1cc(-c2cc(F)ccc2OCc2ccccc2)ccc1C=O. The van der Waals surface area contributed by atoms with E-state index in [2.05, 4.69) is 0 Å². The Hall–Kier alpha value is -2.94. The normalized spacial score (nSPS) is 10.4. The molecule has 0 aromatic heterocycles. The van der Waals surface area contributed by atoms with Crippen molar-refractivity contribution in [3.05, 3.63) is 89.2 Å². The van der Waals surface area contributed by atoms with Gasteiger partial charge in [-0.1, -0.05) is 48.5 Å². The minimum absolute atomic E-state index is 0.325. The van der Waals surface area contributed by atoms with Gasteiger partial charge in [-0.15, -0.1) is 0 Å². The quantitative estimate of drug-likeness (QED) is 0.605. The second-order valence-corrected chi connectivity index (χ2v) is 5.60. The average Bonchev–Trinajstić information content (AvgIpc) is 2.61. The number of hydrogen-bond acceptors (Lipinski definition) is 2. The summed E-state index contributed by atoms with van der Waals surface area (Å²) in [4.78, 5) is 11.0. The Bertz CT molecular complexity index is 857. The first-order valence-electron chi connectivity index (χ1n) is 7.70. The lowest BCUT2D eigenvalue weighted by molar-refractivity contribution is 0.112. The van der Waals surface area contributed by atoms with Gasteiger partial charge >= 0.3 is 0 Å². The molecule has 0 radical (unpaired) electrons. The lowest BCUT2D eigenvalue weighted by Gasteiger charge is -2.13. The maximum Gasteiger partial charge on any atom is 0.150 e. The van der Waals surface area contributed by atoms with E-state index in [1.54, 1.807) is 18.2 Å². The highest BCUT2D eigenvalue weighted by Crippen LogP contribution is 2.32. The van der Waals surface area contributed by atoms with Gasteiger partial charge in [-0.2, -0.15) is 0 Å². The van der Waals surface area contributed by atoms with Crippen LogP contribution in [-0.4, -0.2) is 6.29 Å². The average molecular weight is 320 g/mol. The first kappa shape index (κ1) is 15.9. The van der Waals surface area contributed by atoms with Crippen molar-refractivity contribution in [3.8, 4) is 16.9 Å². The van der Waals surface area contributed by atoms with Crippen molar-refractivity contribution in [1.82, 2.24) is 0 Å². The number of halogens is 1. The number of ether oxygens (including phenoxy) is 1. The molecule has 0 aliphatic carbocycles. The first-order chi connectivity index (χ1) is 11.7. The molecule has 0 aliphatic heterocycles. The fourth-order valence-electron chi connectivity index (χ4n) is 2.56. The van der Waals surface area contributed by atoms with Crippen LogP contribution < -0.4 is 4.74 Å². The third-order valence-corrected chi connectivity index (χ3v) is 3.89. The predicted octanol–water partition coefficient (Wildman–Crippen LogP) is 5.19. The maximum atomic E-state index is 13.7. The summed E-state index contributed by atoms with van der Waals surface area (Å²) in [6.07, 6.45) is 0.817. The van der Waals surface area contributed by atoms with Crippen molar-refractivity contribution >= 4 is 6.29 Å². The van der Waals surface area contributed by atoms with E-state index in [0.717, 1.165) is 23.0 Å². The Morgan fingerprint density at radius 3 is 2.50 bits per heavy atom. The van der Waals surface area contributed by atoms with Crippen LogP contribution in [0.3, 0.4) is 0 Å². The highest BCUT2D eigenvalue weighted by molar-refractivity contribution is 5.80. The fourth-order valence-corrected chi connectivity index (χ4v) is 2.56. The smallest absolute Gasteiger partial charge is 0.150 e. The second-order valence-electron chi connectivity index (χ2n) is 5.60. The summed E-state index contributed by atoms with van der Waals surface area (Å²) in [5, 5.41) is 0. The molecule has 0 saturated heterocycles. The number of hydrogen-bond donors (Lipinski definition) is 0. The van der Waals surface area contributed by atoms with Crippen molar-refractivity contribution in [2.45, 2.75) is 13.5 Å². The third-order valence-electron chi connectivity index (χ3n) is 3.89. The third kappa shape index (κ3) is 3.51. The molecule has 24 heavy (non-hydrogen) atoms. The summed E-state index contributed by atoms with van der Waals surface area (Å²) in [6, 6.07) is 19.7. The minimum Gasteiger partial charge on any atom is -0.488 e. The number of benzene rings is 3. The molecule has 3 aromatic carbocycles. The van der Waals surface area contributed by atoms with E-state index in [1.807, 2.05) is 43.3 Å². The molecular formula is C21H17FO2. The maximum absolute atomic E-state index is 13.7. The monoisotopic (exact) mass is 320 g/mol. The molecule has 0 aliphatic rings. The van der Waals surface area contributed by atoms with Crippen molar-refractivity contribution in [3.63, 3.8) is 0 Å². The Balaban J connectivity index is 1.93. The van der Waals surface area contributed by atoms with Gasteiger partial charge in [0.05, 0.1) is 0 Å². The largest absolute Gasteiger partial charge is 0.488 e. The van der Waals surface area contributed by atoms with Crippen molar-refractivity contribution in [2.75, 3.05) is 0 Å². The van der Waals surface area contributed by atoms with Crippen LogP contribution in [0.25, 0.3) is 11.1 Å². The molecule has 0 unspecified atom stereocenters. The summed E-state index contributed by atoms with van der Waals surface area (Å²) < 4.78 is 19.6. The standard InChI is InChI=1S/C21H17FO2/c1-15-11-17(7-8-18(15)13-23)20-12-19(22)9-10-21(20)24-14-16-5-3-2-4-6-16/h2-13H,14H2,1H3. The number of carbonyl (C=O) groups excluding carboxylic acids is 1. The van der Waals surface area contributed by atoms with Gasteiger partial charge in [0, 0.05) is 11.1 Å². The Labute approximate surface area is 140 Å². The van der Waals surface area contributed by atoms with Gasteiger partial charge < -0.3 is 4.74 Å². The van der Waals surface area contributed by atoms with Gasteiger partial charge in [-0.05, 0) is 41.8 Å². The molecule has 0 heterocycles. The van der Waals surface area contributed by atoms with Crippen LogP contribution in [0.5, 0.6) is 5.75 Å². The number of carbonyl (C=O) groups is 1. The van der Waals surface area contributed by atoms with E-state index in [0.29, 0.717) is 23.5 Å². The lowest BCUT2D eigenvalue weighted by atomic mass is 9.99. The predicted molar refractivity (Wildman–Crippen MR) is 92.7 cm³/mol. The summed E-state index contributed by atoms with van der Waals surface area (Å²) in [5.41, 5.74) is 4.01. The molecule has 3 rings (SSSR count). The summed E-state index contributed by atoms with van der Waals surface area (Å²) in [5.74, 6) is 0.285. The van der Waals surface area contributed by atoms with Crippen LogP contribution in [0.1, 0.15) is 21.5 Å². The molecule has 120 valence electrons. The van der Waals surface area contributed by atoms with Crippen LogP contribution in [-0.2, 0) is 6.61 Å². The number of rotatable bonds is 5. The molecule has 0 atom stereocenters. The van der Waals surface area contributed by atoms with Crippen LogP contribution >= 0.6 is 0 Å². The van der Waals surface area contributed by atoms with Gasteiger partial charge in [0.2, 0.25) is 0 Å². The molecule has 0 amide bonds. The van der Waals surface area contributed by atoms with Gasteiger partial charge in [0.25, 0.3) is 0 Å². The Morgan fingerprint density at radius 1 is 1.00 bits per heavy atom. The van der Waals surface area contributed by atoms with Crippen LogP contribution in [0.4, 0.5) is 4.39 Å². The molecule has 0 spiro atoms. The highest BCUT2D eigenvalue weighted by atomic mass is 19.1. The summed E-state index contributed by atoms with van der Waals surface area (Å²) in [7, 11) is 0. The molecule has 0 bridgehead atoms. The van der Waals surface area contributed by atoms with Crippen molar-refractivity contribution < 1.29 is 13.9 Å². The molecule has 0 N–H and O–H groups in total.